The number of nitrogens with one attached hydrogen (secondary N) is 1. The van der Waals surface area contributed by atoms with Gasteiger partial charge >= 0.3 is 0 Å². The highest BCUT2D eigenvalue weighted by Gasteiger charge is 2.19. The maximum absolute atomic E-state index is 12.2. The van der Waals surface area contributed by atoms with Crippen molar-refractivity contribution in [1.29, 1.82) is 0 Å². The fourth-order valence-electron chi connectivity index (χ4n) is 2.91. The van der Waals surface area contributed by atoms with Gasteiger partial charge in [-0.2, -0.15) is 0 Å². The van der Waals surface area contributed by atoms with Crippen molar-refractivity contribution >= 4 is 26.7 Å². The number of hydrogen-bond donors (Lipinski definition) is 1. The van der Waals surface area contributed by atoms with Crippen molar-refractivity contribution in [3.63, 3.8) is 0 Å². The normalized spacial score (nSPS) is 17.4. The van der Waals surface area contributed by atoms with E-state index in [0.29, 0.717) is 5.56 Å². The highest BCUT2D eigenvalue weighted by molar-refractivity contribution is 7.89. The van der Waals surface area contributed by atoms with Crippen LogP contribution in [0.2, 0.25) is 0 Å². The van der Waals surface area contributed by atoms with Crippen molar-refractivity contribution in [2.45, 2.75) is 48.8 Å². The summed E-state index contributed by atoms with van der Waals surface area (Å²) in [5.41, 5.74) is 0.645. The fourth-order valence-corrected chi connectivity index (χ4v) is 4.91. The molecule has 1 saturated carbocycles. The number of sulfonamides is 1. The number of carbonyl (C=O) groups is 1. The molecule has 1 aliphatic rings. The van der Waals surface area contributed by atoms with Gasteiger partial charge in [-0.3, -0.25) is 9.00 Å². The lowest BCUT2D eigenvalue weighted by Gasteiger charge is -2.22. The lowest BCUT2D eigenvalue weighted by atomic mass is 9.95. The molecule has 6 nitrogen and oxygen atoms in total. The molecule has 0 unspecified atom stereocenters. The summed E-state index contributed by atoms with van der Waals surface area (Å²) >= 11 is 0. The van der Waals surface area contributed by atoms with Gasteiger partial charge in [0.25, 0.3) is 0 Å². The summed E-state index contributed by atoms with van der Waals surface area (Å²) in [5.74, 6) is -0.0851. The molecule has 1 aliphatic carbocycles. The number of carbonyl (C=O) groups excluding carboxylic acids is 1. The number of amides is 1. The molecule has 8 heteroatoms. The number of benzene rings is 1. The summed E-state index contributed by atoms with van der Waals surface area (Å²) in [4.78, 5) is 12.2. The topological polar surface area (TPSA) is 83.6 Å². The third-order valence-electron chi connectivity index (χ3n) is 4.27. The Morgan fingerprint density at radius 1 is 1.24 bits per heavy atom. The first-order valence-corrected chi connectivity index (χ1v) is 11.4. The van der Waals surface area contributed by atoms with Crippen molar-refractivity contribution in [1.82, 2.24) is 9.62 Å². The van der Waals surface area contributed by atoms with E-state index in [1.807, 2.05) is 0 Å². The quantitative estimate of drug-likeness (QED) is 0.772. The summed E-state index contributed by atoms with van der Waals surface area (Å²) in [7, 11) is -1.96. The maximum atomic E-state index is 12.2. The minimum Gasteiger partial charge on any atom is -0.353 e. The molecule has 0 aromatic heterocycles. The zero-order chi connectivity index (χ0) is 18.4. The average Bonchev–Trinajstić information content (AvgIpc) is 2.55. The second-order valence-corrected chi connectivity index (χ2v) is 10.2. The first-order valence-electron chi connectivity index (χ1n) is 8.45. The largest absolute Gasteiger partial charge is 0.353 e. The van der Waals surface area contributed by atoms with E-state index >= 15 is 0 Å². The molecule has 0 radical (unpaired) electrons. The van der Waals surface area contributed by atoms with Crippen LogP contribution in [0.5, 0.6) is 0 Å². The summed E-state index contributed by atoms with van der Waals surface area (Å²) in [6.45, 7) is 0. The van der Waals surface area contributed by atoms with Gasteiger partial charge in [-0.1, -0.05) is 31.4 Å². The van der Waals surface area contributed by atoms with E-state index in [9.17, 15) is 17.4 Å². The first kappa shape index (κ1) is 20.1. The van der Waals surface area contributed by atoms with Gasteiger partial charge in [0.1, 0.15) is 5.75 Å². The van der Waals surface area contributed by atoms with E-state index in [-0.39, 0.29) is 28.4 Å². The first-order chi connectivity index (χ1) is 11.8. The minimum atomic E-state index is -3.52. The van der Waals surface area contributed by atoms with Crippen LogP contribution < -0.4 is 5.32 Å². The molecule has 1 fully saturated rings. The second-order valence-electron chi connectivity index (χ2n) is 6.57. The minimum absolute atomic E-state index is 0.0544. The standard InChI is InChI=1S/C17H26N2O4S2/c1-19(2)25(22,23)16-10-6-7-14(11-16)12-24(21)13-17(20)18-15-8-4-3-5-9-15/h6-7,10-11,15H,3-5,8-9,12-13H2,1-2H3,(H,18,20)/t24-/m1/s1. The van der Waals surface area contributed by atoms with Crippen LogP contribution in [-0.4, -0.2) is 48.7 Å². The van der Waals surface area contributed by atoms with Gasteiger partial charge < -0.3 is 5.32 Å². The van der Waals surface area contributed by atoms with Crippen LogP contribution in [0.3, 0.4) is 0 Å². The Hall–Kier alpha value is -1.25. The van der Waals surface area contributed by atoms with Gasteiger partial charge in [0.05, 0.1) is 4.90 Å². The molecule has 140 valence electrons. The fraction of sp³-hybridized carbons (Fsp3) is 0.588. The Kier molecular flexibility index (Phi) is 7.15. The smallest absolute Gasteiger partial charge is 0.242 e. The van der Waals surface area contributed by atoms with Gasteiger partial charge in [-0.25, -0.2) is 12.7 Å². The Morgan fingerprint density at radius 2 is 1.92 bits per heavy atom. The summed E-state index contributed by atoms with van der Waals surface area (Å²) in [6.07, 6.45) is 5.44. The zero-order valence-electron chi connectivity index (χ0n) is 14.7. The third kappa shape index (κ3) is 5.90. The molecule has 1 aromatic carbocycles. The van der Waals surface area contributed by atoms with Crippen molar-refractivity contribution in [2.24, 2.45) is 0 Å². The van der Waals surface area contributed by atoms with Crippen LogP contribution in [-0.2, 0) is 31.4 Å². The highest BCUT2D eigenvalue weighted by atomic mass is 32.2. The van der Waals surface area contributed by atoms with E-state index in [1.54, 1.807) is 12.1 Å². The molecule has 1 N–H and O–H groups in total. The van der Waals surface area contributed by atoms with Crippen LogP contribution in [0, 0.1) is 0 Å². The van der Waals surface area contributed by atoms with Crippen LogP contribution in [0.15, 0.2) is 29.2 Å². The predicted octanol–water partition coefficient (Wildman–Crippen LogP) is 1.63. The Morgan fingerprint density at radius 3 is 2.56 bits per heavy atom. The van der Waals surface area contributed by atoms with Crippen LogP contribution >= 0.6 is 0 Å². The Balaban J connectivity index is 1.93. The van der Waals surface area contributed by atoms with Gasteiger partial charge in [0.15, 0.2) is 0 Å². The van der Waals surface area contributed by atoms with Crippen LogP contribution in [0.1, 0.15) is 37.7 Å². The van der Waals surface area contributed by atoms with Gasteiger partial charge in [0.2, 0.25) is 15.9 Å². The number of rotatable bonds is 7. The molecule has 0 aliphatic heterocycles. The summed E-state index contributed by atoms with van der Waals surface area (Å²) < 4.78 is 37.7. The van der Waals surface area contributed by atoms with Crippen molar-refractivity contribution in [2.75, 3.05) is 19.8 Å². The number of nitrogens with zero attached hydrogens (tertiary/aromatic N) is 1. The Labute approximate surface area is 152 Å². The van der Waals surface area contributed by atoms with E-state index in [0.717, 1.165) is 30.0 Å². The van der Waals surface area contributed by atoms with Gasteiger partial charge in [-0.05, 0) is 30.5 Å². The van der Waals surface area contributed by atoms with Crippen molar-refractivity contribution < 1.29 is 17.4 Å². The molecule has 0 spiro atoms. The molecule has 1 atom stereocenters. The van der Waals surface area contributed by atoms with Crippen molar-refractivity contribution in [3.8, 4) is 0 Å². The average molecular weight is 387 g/mol. The molecular formula is C17H26N2O4S2. The van der Waals surface area contributed by atoms with Crippen molar-refractivity contribution in [3.05, 3.63) is 29.8 Å². The number of hydrogen-bond acceptors (Lipinski definition) is 4. The monoisotopic (exact) mass is 386 g/mol. The molecule has 1 amide bonds. The van der Waals surface area contributed by atoms with Gasteiger partial charge in [-0.15, -0.1) is 0 Å². The SMILES string of the molecule is CN(C)S(=O)(=O)c1cccc(C[S@@](=O)CC(=O)NC2CCCCC2)c1. The lowest BCUT2D eigenvalue weighted by molar-refractivity contribution is -0.119. The molecule has 25 heavy (non-hydrogen) atoms. The van der Waals surface area contributed by atoms with E-state index in [1.165, 1.54) is 32.6 Å². The lowest BCUT2D eigenvalue weighted by Crippen LogP contribution is -2.38. The van der Waals surface area contributed by atoms with E-state index in [4.69, 9.17) is 0 Å². The highest BCUT2D eigenvalue weighted by Crippen LogP contribution is 2.18. The van der Waals surface area contributed by atoms with Crippen LogP contribution in [0.25, 0.3) is 0 Å². The summed E-state index contributed by atoms with van der Waals surface area (Å²) in [6, 6.07) is 6.59. The van der Waals surface area contributed by atoms with Gasteiger partial charge in [0, 0.05) is 36.7 Å². The third-order valence-corrected chi connectivity index (χ3v) is 7.32. The Bertz CT molecular complexity index is 726. The second kappa shape index (κ2) is 8.91. The molecule has 2 rings (SSSR count). The molecule has 1 aromatic rings. The maximum Gasteiger partial charge on any atom is 0.242 e. The molecular weight excluding hydrogens is 360 g/mol. The molecule has 0 bridgehead atoms. The zero-order valence-corrected chi connectivity index (χ0v) is 16.4. The summed E-state index contributed by atoms with van der Waals surface area (Å²) in [5, 5.41) is 2.95. The van der Waals surface area contributed by atoms with E-state index < -0.39 is 20.8 Å². The van der Waals surface area contributed by atoms with Crippen LogP contribution in [0.4, 0.5) is 0 Å². The molecule has 0 saturated heterocycles. The van der Waals surface area contributed by atoms with E-state index in [2.05, 4.69) is 5.32 Å². The predicted molar refractivity (Wildman–Crippen MR) is 99.0 cm³/mol. The molecule has 0 heterocycles.